The SMILES string of the molecule is CCO[C@H]1OC(C(=O)NC2CCC2)=C[C@@H](c2ccc(F)cc2)[C@H]1CCCO. The lowest BCUT2D eigenvalue weighted by Gasteiger charge is -2.37. The van der Waals surface area contributed by atoms with E-state index in [1.165, 1.54) is 12.1 Å². The number of hydrogen-bond acceptors (Lipinski definition) is 4. The van der Waals surface area contributed by atoms with E-state index in [0.29, 0.717) is 19.4 Å². The monoisotopic (exact) mass is 377 g/mol. The van der Waals surface area contributed by atoms with Gasteiger partial charge in [0.05, 0.1) is 0 Å². The zero-order valence-corrected chi connectivity index (χ0v) is 15.7. The number of carbonyl (C=O) groups is 1. The molecule has 1 amide bonds. The molecule has 0 aromatic heterocycles. The number of rotatable bonds is 8. The Morgan fingerprint density at radius 3 is 2.67 bits per heavy atom. The Bertz CT molecular complexity index is 657. The van der Waals surface area contributed by atoms with Crippen LogP contribution in [-0.4, -0.2) is 36.6 Å². The Morgan fingerprint density at radius 1 is 1.33 bits per heavy atom. The lowest BCUT2D eigenvalue weighted by molar-refractivity contribution is -0.167. The van der Waals surface area contributed by atoms with E-state index < -0.39 is 6.29 Å². The number of nitrogens with one attached hydrogen (secondary N) is 1. The average molecular weight is 377 g/mol. The third-order valence-corrected chi connectivity index (χ3v) is 5.33. The zero-order valence-electron chi connectivity index (χ0n) is 15.7. The van der Waals surface area contributed by atoms with Crippen LogP contribution in [0.15, 0.2) is 36.1 Å². The second-order valence-electron chi connectivity index (χ2n) is 7.18. The van der Waals surface area contributed by atoms with Gasteiger partial charge in [-0.15, -0.1) is 0 Å². The highest BCUT2D eigenvalue weighted by Gasteiger charge is 2.38. The fraction of sp³-hybridized carbons (Fsp3) is 0.571. The van der Waals surface area contributed by atoms with Crippen molar-refractivity contribution in [2.45, 2.75) is 57.3 Å². The largest absolute Gasteiger partial charge is 0.459 e. The lowest BCUT2D eigenvalue weighted by atomic mass is 9.80. The summed E-state index contributed by atoms with van der Waals surface area (Å²) in [6.07, 6.45) is 5.64. The fourth-order valence-corrected chi connectivity index (χ4v) is 3.64. The van der Waals surface area contributed by atoms with Crippen LogP contribution in [0.3, 0.4) is 0 Å². The first-order valence-electron chi connectivity index (χ1n) is 9.79. The average Bonchev–Trinajstić information content (AvgIpc) is 2.64. The first kappa shape index (κ1) is 19.8. The van der Waals surface area contributed by atoms with Gasteiger partial charge in [-0.1, -0.05) is 12.1 Å². The maximum atomic E-state index is 13.4. The third-order valence-electron chi connectivity index (χ3n) is 5.33. The molecule has 148 valence electrons. The summed E-state index contributed by atoms with van der Waals surface area (Å²) in [5, 5.41) is 12.3. The van der Waals surface area contributed by atoms with Crippen molar-refractivity contribution >= 4 is 5.91 Å². The molecule has 0 radical (unpaired) electrons. The van der Waals surface area contributed by atoms with Gasteiger partial charge in [-0.05, 0) is 62.8 Å². The van der Waals surface area contributed by atoms with Gasteiger partial charge in [0.25, 0.3) is 5.91 Å². The summed E-state index contributed by atoms with van der Waals surface area (Å²) in [6, 6.07) is 6.52. The highest BCUT2D eigenvalue weighted by atomic mass is 19.1. The predicted molar refractivity (Wildman–Crippen MR) is 99.3 cm³/mol. The molecule has 1 heterocycles. The minimum Gasteiger partial charge on any atom is -0.459 e. The molecule has 0 saturated heterocycles. The number of carbonyl (C=O) groups excluding carboxylic acids is 1. The Kier molecular flexibility index (Phi) is 6.85. The summed E-state index contributed by atoms with van der Waals surface area (Å²) in [6.45, 7) is 2.41. The van der Waals surface area contributed by atoms with Gasteiger partial charge in [-0.3, -0.25) is 4.79 Å². The Balaban J connectivity index is 1.88. The molecule has 0 unspecified atom stereocenters. The van der Waals surface area contributed by atoms with Crippen LogP contribution >= 0.6 is 0 Å². The van der Waals surface area contributed by atoms with Crippen LogP contribution in [0, 0.1) is 11.7 Å². The zero-order chi connectivity index (χ0) is 19.2. The molecule has 1 aliphatic heterocycles. The van der Waals surface area contributed by atoms with E-state index in [0.717, 1.165) is 24.8 Å². The van der Waals surface area contributed by atoms with Gasteiger partial charge in [0.1, 0.15) is 5.82 Å². The van der Waals surface area contributed by atoms with Crippen LogP contribution in [0.25, 0.3) is 0 Å². The molecule has 0 bridgehead atoms. The molecule has 2 aliphatic rings. The van der Waals surface area contributed by atoms with E-state index in [2.05, 4.69) is 5.32 Å². The van der Waals surface area contributed by atoms with Crippen molar-refractivity contribution in [2.75, 3.05) is 13.2 Å². The molecule has 1 aromatic carbocycles. The first-order valence-corrected chi connectivity index (χ1v) is 9.79. The first-order chi connectivity index (χ1) is 13.1. The quantitative estimate of drug-likeness (QED) is 0.730. The highest BCUT2D eigenvalue weighted by molar-refractivity contribution is 5.92. The van der Waals surface area contributed by atoms with Crippen molar-refractivity contribution in [2.24, 2.45) is 5.92 Å². The molecule has 27 heavy (non-hydrogen) atoms. The predicted octanol–water partition coefficient (Wildman–Crippen LogP) is 3.24. The Hall–Kier alpha value is -1.92. The normalized spacial score (nSPS) is 25.3. The van der Waals surface area contributed by atoms with Crippen molar-refractivity contribution in [3.63, 3.8) is 0 Å². The van der Waals surface area contributed by atoms with E-state index in [4.69, 9.17) is 9.47 Å². The Labute approximate surface area is 159 Å². The van der Waals surface area contributed by atoms with E-state index >= 15 is 0 Å². The Morgan fingerprint density at radius 2 is 2.07 bits per heavy atom. The number of allylic oxidation sites excluding steroid dienone is 1. The molecular formula is C21H28FNO4. The molecule has 1 aliphatic carbocycles. The van der Waals surface area contributed by atoms with Crippen LogP contribution in [0.5, 0.6) is 0 Å². The number of hydrogen-bond donors (Lipinski definition) is 2. The standard InChI is InChI=1S/C21H28FNO4/c1-2-26-21-17(7-4-12-24)18(14-8-10-15(22)11-9-14)13-19(27-21)20(25)23-16-5-3-6-16/h8-11,13,16-18,21,24H,2-7,12H2,1H3,(H,23,25)/t17-,18+,21+/m1/s1. The van der Waals surface area contributed by atoms with Crippen LogP contribution in [-0.2, 0) is 14.3 Å². The lowest BCUT2D eigenvalue weighted by Crippen LogP contribution is -2.43. The minimum atomic E-state index is -0.580. The molecule has 5 nitrogen and oxygen atoms in total. The van der Waals surface area contributed by atoms with Crippen LogP contribution < -0.4 is 5.32 Å². The van der Waals surface area contributed by atoms with E-state index in [9.17, 15) is 14.3 Å². The van der Waals surface area contributed by atoms with Gasteiger partial charge in [0, 0.05) is 31.1 Å². The summed E-state index contributed by atoms with van der Waals surface area (Å²) < 4.78 is 25.1. The number of amides is 1. The van der Waals surface area contributed by atoms with Crippen LogP contribution in [0.2, 0.25) is 0 Å². The van der Waals surface area contributed by atoms with Gasteiger partial charge in [0.2, 0.25) is 6.29 Å². The van der Waals surface area contributed by atoms with Gasteiger partial charge in [-0.2, -0.15) is 0 Å². The number of benzene rings is 1. The van der Waals surface area contributed by atoms with Crippen LogP contribution in [0.4, 0.5) is 4.39 Å². The second kappa shape index (κ2) is 9.33. The summed E-state index contributed by atoms with van der Waals surface area (Å²) >= 11 is 0. The summed E-state index contributed by atoms with van der Waals surface area (Å²) in [4.78, 5) is 12.6. The molecule has 2 N–H and O–H groups in total. The van der Waals surface area contributed by atoms with Crippen molar-refractivity contribution in [3.05, 3.63) is 47.5 Å². The number of halogens is 1. The van der Waals surface area contributed by atoms with E-state index in [-0.39, 0.29) is 42.0 Å². The number of aliphatic hydroxyl groups is 1. The van der Waals surface area contributed by atoms with Gasteiger partial charge in [0.15, 0.2) is 5.76 Å². The maximum absolute atomic E-state index is 13.4. The fourth-order valence-electron chi connectivity index (χ4n) is 3.64. The smallest absolute Gasteiger partial charge is 0.286 e. The minimum absolute atomic E-state index is 0.0668. The maximum Gasteiger partial charge on any atom is 0.286 e. The van der Waals surface area contributed by atoms with Crippen molar-refractivity contribution < 1.29 is 23.8 Å². The molecule has 3 rings (SSSR count). The summed E-state index contributed by atoms with van der Waals surface area (Å²) in [5.74, 6) is -0.481. The summed E-state index contributed by atoms with van der Waals surface area (Å²) in [7, 11) is 0. The van der Waals surface area contributed by atoms with E-state index in [1.54, 1.807) is 12.1 Å². The number of aliphatic hydroxyl groups excluding tert-OH is 1. The third kappa shape index (κ3) is 4.87. The van der Waals surface area contributed by atoms with Crippen molar-refractivity contribution in [1.82, 2.24) is 5.32 Å². The molecule has 1 saturated carbocycles. The van der Waals surface area contributed by atoms with Crippen LogP contribution in [0.1, 0.15) is 50.5 Å². The second-order valence-corrected chi connectivity index (χ2v) is 7.18. The topological polar surface area (TPSA) is 67.8 Å². The van der Waals surface area contributed by atoms with Gasteiger partial charge >= 0.3 is 0 Å². The molecular weight excluding hydrogens is 349 g/mol. The molecule has 1 aromatic rings. The molecule has 3 atom stereocenters. The van der Waals surface area contributed by atoms with Crippen molar-refractivity contribution in [1.29, 1.82) is 0 Å². The van der Waals surface area contributed by atoms with Gasteiger partial charge in [-0.25, -0.2) is 4.39 Å². The van der Waals surface area contributed by atoms with Gasteiger partial charge < -0.3 is 19.9 Å². The molecule has 1 fully saturated rings. The molecule has 0 spiro atoms. The van der Waals surface area contributed by atoms with E-state index in [1.807, 2.05) is 13.0 Å². The van der Waals surface area contributed by atoms with Crippen molar-refractivity contribution in [3.8, 4) is 0 Å². The number of ether oxygens (including phenoxy) is 2. The summed E-state index contributed by atoms with van der Waals surface area (Å²) in [5.41, 5.74) is 0.904. The molecule has 6 heteroatoms. The highest BCUT2D eigenvalue weighted by Crippen LogP contribution is 2.39.